The van der Waals surface area contributed by atoms with Crippen molar-refractivity contribution in [3.05, 3.63) is 70.4 Å². The molecule has 0 N–H and O–H groups in total. The summed E-state index contributed by atoms with van der Waals surface area (Å²) in [5.41, 5.74) is 5.85. The number of pyridine rings is 1. The number of methoxy groups -OCH3 is 1. The highest BCUT2D eigenvalue weighted by Crippen LogP contribution is 2.46. The van der Waals surface area contributed by atoms with Gasteiger partial charge in [0.2, 0.25) is 0 Å². The molecule has 2 aromatic carbocycles. The second-order valence-corrected chi connectivity index (χ2v) is 8.69. The third-order valence-corrected chi connectivity index (χ3v) is 6.79. The Morgan fingerprint density at radius 2 is 1.94 bits per heavy atom. The number of fused-ring (bicyclic) bond motifs is 3. The number of ether oxygens (including phenoxy) is 2. The number of nitrogens with zero attached hydrogens (tertiary/aromatic N) is 2. The zero-order valence-corrected chi connectivity index (χ0v) is 18.4. The fourth-order valence-electron chi connectivity index (χ4n) is 5.25. The molecule has 1 fully saturated rings. The molecule has 1 aromatic heterocycles. The Hall–Kier alpha value is -2.92. The number of aromatic nitrogens is 1. The molecule has 0 unspecified atom stereocenters. The summed E-state index contributed by atoms with van der Waals surface area (Å²) in [6.07, 6.45) is 2.45. The van der Waals surface area contributed by atoms with Crippen molar-refractivity contribution in [3.63, 3.8) is 0 Å². The number of carbonyl (C=O) groups excluding carboxylic acids is 1. The quantitative estimate of drug-likeness (QED) is 0.614. The predicted molar refractivity (Wildman–Crippen MR) is 121 cm³/mol. The van der Waals surface area contributed by atoms with E-state index in [0.29, 0.717) is 25.3 Å². The van der Waals surface area contributed by atoms with Gasteiger partial charge in [0.05, 0.1) is 19.2 Å². The molecule has 0 saturated carbocycles. The molecule has 2 aliphatic rings. The maximum Gasteiger partial charge on any atom is 0.253 e. The molecule has 3 aromatic rings. The third kappa shape index (κ3) is 3.37. The van der Waals surface area contributed by atoms with Gasteiger partial charge in [-0.2, -0.15) is 0 Å². The van der Waals surface area contributed by atoms with Gasteiger partial charge in [0.25, 0.3) is 5.91 Å². The number of likely N-dealkylation sites (tertiary alicyclic amines) is 1. The molecule has 5 nitrogen and oxygen atoms in total. The van der Waals surface area contributed by atoms with Crippen LogP contribution in [0.5, 0.6) is 5.75 Å². The van der Waals surface area contributed by atoms with Crippen LogP contribution < -0.4 is 4.74 Å². The first-order chi connectivity index (χ1) is 15.0. The van der Waals surface area contributed by atoms with Crippen LogP contribution in [0.2, 0.25) is 0 Å². The van der Waals surface area contributed by atoms with Crippen molar-refractivity contribution in [3.8, 4) is 5.75 Å². The van der Waals surface area contributed by atoms with Crippen LogP contribution in [0.25, 0.3) is 10.9 Å². The number of hydrogen-bond acceptors (Lipinski definition) is 4. The first-order valence-corrected chi connectivity index (χ1v) is 11.0. The van der Waals surface area contributed by atoms with E-state index in [0.717, 1.165) is 41.6 Å². The summed E-state index contributed by atoms with van der Waals surface area (Å²) in [6, 6.07) is 14.2. The molecule has 2 aliphatic heterocycles. The SMILES string of the molecule is COc1cccc2c1C1(CCN(C(=O)c3ccc4c(C)cc(C)nc4c3)CC1)OCC2. The highest BCUT2D eigenvalue weighted by molar-refractivity contribution is 5.98. The Morgan fingerprint density at radius 3 is 2.71 bits per heavy atom. The molecule has 1 saturated heterocycles. The van der Waals surface area contributed by atoms with E-state index in [1.807, 2.05) is 42.2 Å². The van der Waals surface area contributed by atoms with E-state index in [1.54, 1.807) is 7.11 Å². The van der Waals surface area contributed by atoms with Crippen molar-refractivity contribution in [2.45, 2.75) is 38.7 Å². The van der Waals surface area contributed by atoms with Crippen molar-refractivity contribution < 1.29 is 14.3 Å². The van der Waals surface area contributed by atoms with E-state index in [2.05, 4.69) is 24.0 Å². The van der Waals surface area contributed by atoms with Crippen molar-refractivity contribution in [1.29, 1.82) is 0 Å². The Kier molecular flexibility index (Phi) is 4.94. The Bertz CT molecular complexity index is 1150. The van der Waals surface area contributed by atoms with Crippen LogP contribution in [0.15, 0.2) is 42.5 Å². The summed E-state index contributed by atoms with van der Waals surface area (Å²) in [7, 11) is 1.72. The molecule has 0 radical (unpaired) electrons. The summed E-state index contributed by atoms with van der Waals surface area (Å²) in [5, 5.41) is 1.10. The van der Waals surface area contributed by atoms with Gasteiger partial charge in [-0.25, -0.2) is 0 Å². The van der Waals surface area contributed by atoms with Gasteiger partial charge >= 0.3 is 0 Å². The highest BCUT2D eigenvalue weighted by atomic mass is 16.5. The molecule has 160 valence electrons. The molecule has 0 aliphatic carbocycles. The van der Waals surface area contributed by atoms with Crippen LogP contribution in [0.4, 0.5) is 0 Å². The van der Waals surface area contributed by atoms with Gasteiger partial charge < -0.3 is 14.4 Å². The first kappa shape index (κ1) is 20.0. The Morgan fingerprint density at radius 1 is 1.13 bits per heavy atom. The third-order valence-electron chi connectivity index (χ3n) is 6.79. The number of benzene rings is 2. The minimum absolute atomic E-state index is 0.0637. The fraction of sp³-hybridized carbons (Fsp3) is 0.385. The maximum absolute atomic E-state index is 13.3. The Labute approximate surface area is 183 Å². The normalized spacial score (nSPS) is 17.6. The standard InChI is InChI=1S/C26H28N2O3/c1-17-15-18(2)27-22-16-20(7-8-21(17)22)25(29)28-12-10-26(11-13-28)24-19(9-14-31-26)5-4-6-23(24)30-3/h4-8,15-16H,9-14H2,1-3H3. The van der Waals surface area contributed by atoms with Gasteiger partial charge in [-0.1, -0.05) is 18.2 Å². The Balaban J connectivity index is 1.40. The van der Waals surface area contributed by atoms with E-state index in [9.17, 15) is 4.79 Å². The lowest BCUT2D eigenvalue weighted by atomic mass is 9.78. The van der Waals surface area contributed by atoms with Gasteiger partial charge in [-0.3, -0.25) is 9.78 Å². The van der Waals surface area contributed by atoms with E-state index in [4.69, 9.17) is 9.47 Å². The van der Waals surface area contributed by atoms with Gasteiger partial charge in [0.1, 0.15) is 11.4 Å². The molecular weight excluding hydrogens is 388 g/mol. The van der Waals surface area contributed by atoms with Gasteiger partial charge in [0.15, 0.2) is 0 Å². The number of amides is 1. The summed E-state index contributed by atoms with van der Waals surface area (Å²) in [5.74, 6) is 0.956. The summed E-state index contributed by atoms with van der Waals surface area (Å²) in [4.78, 5) is 19.9. The van der Waals surface area contributed by atoms with Crippen LogP contribution in [0, 0.1) is 13.8 Å². The smallest absolute Gasteiger partial charge is 0.253 e. The lowest BCUT2D eigenvalue weighted by Gasteiger charge is -2.45. The van der Waals surface area contributed by atoms with Crippen molar-refractivity contribution in [2.24, 2.45) is 0 Å². The van der Waals surface area contributed by atoms with Gasteiger partial charge in [-0.15, -0.1) is 0 Å². The van der Waals surface area contributed by atoms with Crippen LogP contribution in [-0.4, -0.2) is 42.6 Å². The minimum atomic E-state index is -0.365. The van der Waals surface area contributed by atoms with Crippen LogP contribution in [0.3, 0.4) is 0 Å². The number of carbonyl (C=O) groups is 1. The molecule has 5 heteroatoms. The van der Waals surface area contributed by atoms with Gasteiger partial charge in [-0.05, 0) is 68.5 Å². The van der Waals surface area contributed by atoms with Crippen LogP contribution in [-0.2, 0) is 16.8 Å². The molecular formula is C26H28N2O3. The van der Waals surface area contributed by atoms with E-state index >= 15 is 0 Å². The number of aryl methyl sites for hydroxylation is 2. The molecule has 31 heavy (non-hydrogen) atoms. The summed E-state index contributed by atoms with van der Waals surface area (Å²) < 4.78 is 12.0. The second kappa shape index (κ2) is 7.65. The highest BCUT2D eigenvalue weighted by Gasteiger charge is 2.43. The summed E-state index contributed by atoms with van der Waals surface area (Å²) in [6.45, 7) is 6.10. The first-order valence-electron chi connectivity index (χ1n) is 11.0. The number of rotatable bonds is 2. The largest absolute Gasteiger partial charge is 0.496 e. The van der Waals surface area contributed by atoms with Crippen LogP contribution >= 0.6 is 0 Å². The molecule has 1 spiro atoms. The fourth-order valence-corrected chi connectivity index (χ4v) is 5.25. The average Bonchev–Trinajstić information content (AvgIpc) is 2.78. The summed E-state index contributed by atoms with van der Waals surface area (Å²) >= 11 is 0. The zero-order valence-electron chi connectivity index (χ0n) is 18.4. The molecule has 0 atom stereocenters. The average molecular weight is 417 g/mol. The van der Waals surface area contributed by atoms with Crippen LogP contribution in [0.1, 0.15) is 45.6 Å². The van der Waals surface area contributed by atoms with Crippen molar-refractivity contribution in [1.82, 2.24) is 9.88 Å². The number of piperidine rings is 1. The topological polar surface area (TPSA) is 51.7 Å². The lowest BCUT2D eigenvalue weighted by molar-refractivity contribution is -0.0946. The monoisotopic (exact) mass is 416 g/mol. The van der Waals surface area contributed by atoms with Crippen molar-refractivity contribution in [2.75, 3.05) is 26.8 Å². The molecule has 5 rings (SSSR count). The lowest BCUT2D eigenvalue weighted by Crippen LogP contribution is -2.48. The van der Waals surface area contributed by atoms with E-state index < -0.39 is 0 Å². The van der Waals surface area contributed by atoms with Gasteiger partial charge in [0, 0.05) is 35.3 Å². The minimum Gasteiger partial charge on any atom is -0.496 e. The second-order valence-electron chi connectivity index (χ2n) is 8.69. The number of hydrogen-bond donors (Lipinski definition) is 0. The molecule has 0 bridgehead atoms. The van der Waals surface area contributed by atoms with E-state index in [-0.39, 0.29) is 11.5 Å². The predicted octanol–water partition coefficient (Wildman–Crippen LogP) is 4.56. The zero-order chi connectivity index (χ0) is 21.6. The van der Waals surface area contributed by atoms with Crippen molar-refractivity contribution >= 4 is 16.8 Å². The van der Waals surface area contributed by atoms with E-state index in [1.165, 1.54) is 16.7 Å². The molecule has 3 heterocycles. The molecule has 1 amide bonds. The maximum atomic E-state index is 13.3.